The van der Waals surface area contributed by atoms with E-state index in [-0.39, 0.29) is 29.5 Å². The van der Waals surface area contributed by atoms with Gasteiger partial charge in [0.1, 0.15) is 17.5 Å². The molecule has 0 spiro atoms. The summed E-state index contributed by atoms with van der Waals surface area (Å²) in [5, 5.41) is 0. The quantitative estimate of drug-likeness (QED) is 0.285. The summed E-state index contributed by atoms with van der Waals surface area (Å²) >= 11 is 0. The largest absolute Gasteiger partial charge is 0.497 e. The van der Waals surface area contributed by atoms with Crippen LogP contribution in [-0.4, -0.2) is 59.2 Å². The zero-order valence-electron chi connectivity index (χ0n) is 22.8. The lowest BCUT2D eigenvalue weighted by Crippen LogP contribution is -2.57. The van der Waals surface area contributed by atoms with Gasteiger partial charge in [0.25, 0.3) is 11.8 Å². The number of rotatable bonds is 8. The van der Waals surface area contributed by atoms with E-state index in [4.69, 9.17) is 9.47 Å². The summed E-state index contributed by atoms with van der Waals surface area (Å²) in [5.74, 6) is -1.38. The number of nitrogens with zero attached hydrogens (tertiary/aromatic N) is 2. The van der Waals surface area contributed by atoms with Gasteiger partial charge in [-0.1, -0.05) is 26.0 Å². The number of aryl methyl sites for hydroxylation is 2. The third kappa shape index (κ3) is 5.17. The van der Waals surface area contributed by atoms with Gasteiger partial charge in [0.2, 0.25) is 5.91 Å². The molecule has 2 aliphatic heterocycles. The highest BCUT2D eigenvalue weighted by Crippen LogP contribution is 2.33. The van der Waals surface area contributed by atoms with Crippen molar-refractivity contribution in [3.05, 3.63) is 58.7 Å². The molecule has 1 fully saturated rings. The smallest absolute Gasteiger partial charge is 0.311 e. The molecule has 2 aliphatic rings. The molecule has 0 N–H and O–H groups in total. The van der Waals surface area contributed by atoms with Crippen LogP contribution in [0.25, 0.3) is 0 Å². The Labute approximate surface area is 223 Å². The van der Waals surface area contributed by atoms with Crippen molar-refractivity contribution in [1.82, 2.24) is 9.80 Å². The molecule has 0 radical (unpaired) electrons. The number of hydrogen-bond donors (Lipinski definition) is 0. The van der Waals surface area contributed by atoms with Gasteiger partial charge in [-0.15, -0.1) is 0 Å². The van der Waals surface area contributed by atoms with Gasteiger partial charge in [0.05, 0.1) is 24.7 Å². The summed E-state index contributed by atoms with van der Waals surface area (Å²) in [6.07, 6.45) is 3.42. The highest BCUT2D eigenvalue weighted by atomic mass is 16.5. The van der Waals surface area contributed by atoms with E-state index in [0.29, 0.717) is 18.0 Å². The van der Waals surface area contributed by atoms with Crippen molar-refractivity contribution in [2.45, 2.75) is 71.9 Å². The van der Waals surface area contributed by atoms with E-state index in [9.17, 15) is 19.2 Å². The molecule has 8 heteroatoms. The maximum absolute atomic E-state index is 14.1. The Hall–Kier alpha value is -3.68. The Morgan fingerprint density at radius 3 is 2.18 bits per heavy atom. The monoisotopic (exact) mass is 520 g/mol. The predicted octanol–water partition coefficient (Wildman–Crippen LogP) is 4.70. The van der Waals surface area contributed by atoms with Crippen LogP contribution in [0.1, 0.15) is 77.8 Å². The number of hydrogen-bond acceptors (Lipinski definition) is 6. The Morgan fingerprint density at radius 1 is 1.03 bits per heavy atom. The van der Waals surface area contributed by atoms with Gasteiger partial charge in [0, 0.05) is 12.6 Å². The first-order valence-electron chi connectivity index (χ1n) is 13.3. The molecule has 3 amide bonds. The Kier molecular flexibility index (Phi) is 8.19. The van der Waals surface area contributed by atoms with Crippen LogP contribution in [0.4, 0.5) is 0 Å². The van der Waals surface area contributed by atoms with E-state index < -0.39 is 29.7 Å². The number of ether oxygens (including phenoxy) is 2. The molecule has 0 aliphatic carbocycles. The minimum Gasteiger partial charge on any atom is -0.497 e. The number of methoxy groups -OCH3 is 1. The van der Waals surface area contributed by atoms with Crippen molar-refractivity contribution in [2.75, 3.05) is 13.7 Å². The number of fused-ring (bicyclic) bond motifs is 1. The number of esters is 1. The Balaban J connectivity index is 1.63. The van der Waals surface area contributed by atoms with Gasteiger partial charge in [-0.2, -0.15) is 0 Å². The van der Waals surface area contributed by atoms with Crippen LogP contribution in [0, 0.1) is 19.8 Å². The maximum atomic E-state index is 14.1. The fraction of sp³-hybridized carbons (Fsp3) is 0.467. The van der Waals surface area contributed by atoms with Crippen LogP contribution < -0.4 is 9.47 Å². The molecule has 2 aromatic carbocycles. The van der Waals surface area contributed by atoms with Crippen molar-refractivity contribution in [3.8, 4) is 11.5 Å². The topological polar surface area (TPSA) is 93.2 Å². The van der Waals surface area contributed by atoms with Crippen LogP contribution in [0.15, 0.2) is 36.4 Å². The first-order valence-corrected chi connectivity index (χ1v) is 13.3. The van der Waals surface area contributed by atoms with Gasteiger partial charge in [-0.3, -0.25) is 24.1 Å². The molecule has 38 heavy (non-hydrogen) atoms. The standard InChI is InChI=1S/C30H36N2O6/c1-6-21-11-9-10-14-31(21)30(36)26(32-28(34)23-12-7-8-13-24(23)29(32)35)18(2)17-25(33)38-27-19(3)15-22(37-5)16-20(27)4/h7-8,12-13,15-16,18,21,26H,6,9-11,14,17H2,1-5H3. The molecule has 8 nitrogen and oxygen atoms in total. The molecule has 0 bridgehead atoms. The summed E-state index contributed by atoms with van der Waals surface area (Å²) in [4.78, 5) is 56.9. The van der Waals surface area contributed by atoms with Crippen molar-refractivity contribution in [1.29, 1.82) is 0 Å². The van der Waals surface area contributed by atoms with Gasteiger partial charge in [0.15, 0.2) is 0 Å². The lowest BCUT2D eigenvalue weighted by Gasteiger charge is -2.40. The van der Waals surface area contributed by atoms with E-state index in [1.54, 1.807) is 55.3 Å². The van der Waals surface area contributed by atoms with Crippen molar-refractivity contribution < 1.29 is 28.7 Å². The molecular weight excluding hydrogens is 484 g/mol. The zero-order chi connectivity index (χ0) is 27.6. The molecule has 202 valence electrons. The Bertz CT molecular complexity index is 1200. The van der Waals surface area contributed by atoms with Gasteiger partial charge in [-0.05, 0) is 80.8 Å². The van der Waals surface area contributed by atoms with E-state index in [1.165, 1.54) is 0 Å². The number of carbonyl (C=O) groups is 4. The fourth-order valence-corrected chi connectivity index (χ4v) is 5.67. The van der Waals surface area contributed by atoms with Crippen LogP contribution in [0.3, 0.4) is 0 Å². The molecule has 3 atom stereocenters. The van der Waals surface area contributed by atoms with E-state index in [1.807, 2.05) is 20.8 Å². The third-order valence-corrected chi connectivity index (χ3v) is 7.65. The number of carbonyl (C=O) groups excluding carboxylic acids is 4. The number of likely N-dealkylation sites (tertiary alicyclic amines) is 1. The molecular formula is C30H36N2O6. The Morgan fingerprint density at radius 2 is 1.63 bits per heavy atom. The number of amides is 3. The zero-order valence-corrected chi connectivity index (χ0v) is 22.8. The van der Waals surface area contributed by atoms with Crippen LogP contribution in [0.2, 0.25) is 0 Å². The minimum absolute atomic E-state index is 0.0395. The van der Waals surface area contributed by atoms with E-state index in [0.717, 1.165) is 41.7 Å². The van der Waals surface area contributed by atoms with Gasteiger partial charge >= 0.3 is 5.97 Å². The third-order valence-electron chi connectivity index (χ3n) is 7.65. The molecule has 1 saturated heterocycles. The van der Waals surface area contributed by atoms with Crippen LogP contribution >= 0.6 is 0 Å². The minimum atomic E-state index is -1.11. The summed E-state index contributed by atoms with van der Waals surface area (Å²) in [6.45, 7) is 7.99. The fourth-order valence-electron chi connectivity index (χ4n) is 5.67. The SMILES string of the molecule is CCC1CCCCN1C(=O)C(C(C)CC(=O)Oc1c(C)cc(OC)cc1C)N1C(=O)c2ccccc2C1=O. The first kappa shape index (κ1) is 27.4. The van der Waals surface area contributed by atoms with Crippen molar-refractivity contribution >= 4 is 23.7 Å². The first-order chi connectivity index (χ1) is 18.2. The highest BCUT2D eigenvalue weighted by molar-refractivity contribution is 6.22. The van der Waals surface area contributed by atoms with Crippen LogP contribution in [0.5, 0.6) is 11.5 Å². The van der Waals surface area contributed by atoms with Gasteiger partial charge in [-0.25, -0.2) is 0 Å². The highest BCUT2D eigenvalue weighted by Gasteiger charge is 2.47. The number of piperidine rings is 1. The average molecular weight is 521 g/mol. The number of imide groups is 1. The number of benzene rings is 2. The summed E-state index contributed by atoms with van der Waals surface area (Å²) in [6, 6.07) is 9.08. The predicted molar refractivity (Wildman–Crippen MR) is 142 cm³/mol. The van der Waals surface area contributed by atoms with Crippen molar-refractivity contribution in [2.24, 2.45) is 5.92 Å². The normalized spacial score (nSPS) is 18.7. The van der Waals surface area contributed by atoms with Crippen molar-refractivity contribution in [3.63, 3.8) is 0 Å². The van der Waals surface area contributed by atoms with E-state index in [2.05, 4.69) is 0 Å². The second-order valence-corrected chi connectivity index (χ2v) is 10.3. The lowest BCUT2D eigenvalue weighted by molar-refractivity contribution is -0.142. The second-order valence-electron chi connectivity index (χ2n) is 10.3. The molecule has 0 aromatic heterocycles. The lowest BCUT2D eigenvalue weighted by atomic mass is 9.92. The van der Waals surface area contributed by atoms with Gasteiger partial charge < -0.3 is 14.4 Å². The molecule has 4 rings (SSSR count). The summed E-state index contributed by atoms with van der Waals surface area (Å²) in [7, 11) is 1.57. The molecule has 3 unspecified atom stereocenters. The maximum Gasteiger partial charge on any atom is 0.311 e. The molecule has 0 saturated carbocycles. The molecule has 2 aromatic rings. The summed E-state index contributed by atoms with van der Waals surface area (Å²) in [5.41, 5.74) is 2.05. The average Bonchev–Trinajstić information content (AvgIpc) is 3.16. The van der Waals surface area contributed by atoms with Crippen LogP contribution in [-0.2, 0) is 9.59 Å². The van der Waals surface area contributed by atoms with E-state index >= 15 is 0 Å². The molecule has 2 heterocycles. The second kappa shape index (κ2) is 11.4. The summed E-state index contributed by atoms with van der Waals surface area (Å²) < 4.78 is 11.0.